The zero-order valence-electron chi connectivity index (χ0n) is 16.7. The van der Waals surface area contributed by atoms with Crippen molar-refractivity contribution >= 4 is 10.2 Å². The molecule has 0 bridgehead atoms. The molecular formula is C20H28N6O2S. The lowest BCUT2D eigenvalue weighted by Crippen LogP contribution is -2.47. The zero-order valence-corrected chi connectivity index (χ0v) is 17.5. The van der Waals surface area contributed by atoms with Crippen LogP contribution in [0.1, 0.15) is 31.2 Å². The molecule has 9 heteroatoms. The van der Waals surface area contributed by atoms with Gasteiger partial charge in [0.1, 0.15) is 5.69 Å². The van der Waals surface area contributed by atoms with Gasteiger partial charge in [0.2, 0.25) is 0 Å². The van der Waals surface area contributed by atoms with Crippen molar-refractivity contribution < 1.29 is 8.42 Å². The van der Waals surface area contributed by atoms with Crippen LogP contribution in [-0.4, -0.2) is 76.1 Å². The second-order valence-corrected chi connectivity index (χ2v) is 9.55. The molecule has 2 saturated heterocycles. The average molecular weight is 417 g/mol. The van der Waals surface area contributed by atoms with Crippen molar-refractivity contribution in [2.45, 2.75) is 32.2 Å². The molecule has 2 aliphatic rings. The zero-order chi connectivity index (χ0) is 20.1. The first-order valence-electron chi connectivity index (χ1n) is 10.3. The second-order valence-electron chi connectivity index (χ2n) is 7.63. The van der Waals surface area contributed by atoms with Crippen LogP contribution in [0.5, 0.6) is 0 Å². The summed E-state index contributed by atoms with van der Waals surface area (Å²) in [5, 5.41) is 0. The van der Waals surface area contributed by atoms with E-state index < -0.39 is 10.2 Å². The van der Waals surface area contributed by atoms with Gasteiger partial charge in [-0.1, -0.05) is 12.5 Å². The predicted octanol–water partition coefficient (Wildman–Crippen LogP) is 1.78. The quantitative estimate of drug-likeness (QED) is 0.739. The van der Waals surface area contributed by atoms with Crippen LogP contribution in [0.2, 0.25) is 0 Å². The maximum atomic E-state index is 12.9. The highest BCUT2D eigenvalue weighted by Gasteiger charge is 2.31. The van der Waals surface area contributed by atoms with E-state index in [4.69, 9.17) is 0 Å². The maximum absolute atomic E-state index is 12.9. The van der Waals surface area contributed by atoms with Gasteiger partial charge in [0.25, 0.3) is 10.2 Å². The highest BCUT2D eigenvalue weighted by molar-refractivity contribution is 7.86. The van der Waals surface area contributed by atoms with Crippen LogP contribution in [0.3, 0.4) is 0 Å². The van der Waals surface area contributed by atoms with Crippen LogP contribution in [-0.2, 0) is 16.8 Å². The molecule has 156 valence electrons. The summed E-state index contributed by atoms with van der Waals surface area (Å²) in [6, 6.07) is 5.67. The van der Waals surface area contributed by atoms with Crippen LogP contribution in [0.25, 0.3) is 11.5 Å². The van der Waals surface area contributed by atoms with Crippen LogP contribution >= 0.6 is 0 Å². The number of aromatic nitrogens is 3. The highest BCUT2D eigenvalue weighted by Crippen LogP contribution is 2.19. The van der Waals surface area contributed by atoms with E-state index in [2.05, 4.69) is 19.9 Å². The van der Waals surface area contributed by atoms with Crippen molar-refractivity contribution in [2.24, 2.45) is 0 Å². The fourth-order valence-electron chi connectivity index (χ4n) is 3.92. The minimum absolute atomic E-state index is 0.533. The number of hydrogen-bond donors (Lipinski definition) is 0. The minimum atomic E-state index is -3.33. The number of pyridine rings is 1. The molecule has 0 unspecified atom stereocenters. The molecule has 0 radical (unpaired) electrons. The van der Waals surface area contributed by atoms with Crippen molar-refractivity contribution in [2.75, 3.05) is 39.3 Å². The Balaban J connectivity index is 1.35. The lowest BCUT2D eigenvalue weighted by molar-refractivity contribution is 0.271. The topological polar surface area (TPSA) is 82.5 Å². The van der Waals surface area contributed by atoms with Gasteiger partial charge in [-0.05, 0) is 37.9 Å². The van der Waals surface area contributed by atoms with Gasteiger partial charge < -0.3 is 0 Å². The van der Waals surface area contributed by atoms with Crippen LogP contribution in [0.4, 0.5) is 0 Å². The molecule has 0 amide bonds. The Labute approximate surface area is 172 Å². The van der Waals surface area contributed by atoms with E-state index in [0.29, 0.717) is 32.0 Å². The molecule has 2 fully saturated rings. The molecule has 29 heavy (non-hydrogen) atoms. The van der Waals surface area contributed by atoms with Crippen LogP contribution in [0, 0.1) is 0 Å². The third-order valence-corrected chi connectivity index (χ3v) is 7.56. The fourth-order valence-corrected chi connectivity index (χ4v) is 5.64. The summed E-state index contributed by atoms with van der Waals surface area (Å²) in [6.45, 7) is 4.74. The Morgan fingerprint density at radius 1 is 0.793 bits per heavy atom. The Morgan fingerprint density at radius 2 is 1.52 bits per heavy atom. The van der Waals surface area contributed by atoms with Gasteiger partial charge in [0.15, 0.2) is 5.82 Å². The number of rotatable bonds is 5. The molecule has 0 spiro atoms. The van der Waals surface area contributed by atoms with Gasteiger partial charge >= 0.3 is 0 Å². The maximum Gasteiger partial charge on any atom is 0.282 e. The Kier molecular flexibility index (Phi) is 6.49. The fraction of sp³-hybridized carbons (Fsp3) is 0.550. The number of piperidine rings is 1. The minimum Gasteiger partial charge on any atom is -0.298 e. The van der Waals surface area contributed by atoms with E-state index in [1.54, 1.807) is 14.8 Å². The SMILES string of the molecule is O=S(=O)(N1CCCCC1)N1CCCN(Cc2cnc(-c3ccccn3)nc2)CC1. The highest BCUT2D eigenvalue weighted by atomic mass is 32.2. The van der Waals surface area contributed by atoms with E-state index in [-0.39, 0.29) is 0 Å². The monoisotopic (exact) mass is 416 g/mol. The summed E-state index contributed by atoms with van der Waals surface area (Å²) in [5.41, 5.74) is 1.78. The first kappa shape index (κ1) is 20.3. The average Bonchev–Trinajstić information content (AvgIpc) is 3.02. The molecule has 0 aliphatic carbocycles. The first-order valence-corrected chi connectivity index (χ1v) is 11.7. The van der Waals surface area contributed by atoms with Crippen LogP contribution in [0.15, 0.2) is 36.8 Å². The van der Waals surface area contributed by atoms with Gasteiger partial charge in [-0.25, -0.2) is 9.97 Å². The van der Waals surface area contributed by atoms with Crippen LogP contribution < -0.4 is 0 Å². The van der Waals surface area contributed by atoms with Crippen molar-refractivity contribution in [1.82, 2.24) is 28.5 Å². The third kappa shape index (κ3) is 4.98. The van der Waals surface area contributed by atoms with E-state index in [1.165, 1.54) is 0 Å². The molecular weight excluding hydrogens is 388 g/mol. The molecule has 0 saturated carbocycles. The molecule has 4 rings (SSSR count). The summed E-state index contributed by atoms with van der Waals surface area (Å²) in [6.07, 6.45) is 9.30. The Hall–Kier alpha value is -1.94. The molecule has 2 aliphatic heterocycles. The molecule has 0 N–H and O–H groups in total. The predicted molar refractivity (Wildman–Crippen MR) is 111 cm³/mol. The molecule has 4 heterocycles. The normalized spacial score (nSPS) is 20.4. The van der Waals surface area contributed by atoms with E-state index in [9.17, 15) is 8.42 Å². The second kappa shape index (κ2) is 9.25. The molecule has 0 atom stereocenters. The van der Waals surface area contributed by atoms with Crippen molar-refractivity contribution in [3.63, 3.8) is 0 Å². The summed E-state index contributed by atoms with van der Waals surface area (Å²) < 4.78 is 29.2. The lowest BCUT2D eigenvalue weighted by Gasteiger charge is -2.31. The molecule has 2 aromatic heterocycles. The van der Waals surface area contributed by atoms with E-state index in [1.807, 2.05) is 30.6 Å². The van der Waals surface area contributed by atoms with Gasteiger partial charge in [-0.3, -0.25) is 9.88 Å². The van der Waals surface area contributed by atoms with Gasteiger partial charge in [-0.15, -0.1) is 0 Å². The summed E-state index contributed by atoms with van der Waals surface area (Å²) in [7, 11) is -3.33. The number of nitrogens with zero attached hydrogens (tertiary/aromatic N) is 6. The van der Waals surface area contributed by atoms with Crippen molar-refractivity contribution in [3.05, 3.63) is 42.4 Å². The molecule has 8 nitrogen and oxygen atoms in total. The molecule has 2 aromatic rings. The summed E-state index contributed by atoms with van der Waals surface area (Å²) in [4.78, 5) is 15.4. The van der Waals surface area contributed by atoms with Crippen molar-refractivity contribution in [1.29, 1.82) is 0 Å². The standard InChI is InChI=1S/C20H28N6O2S/c27-29(28,25-10-4-1-5-11-25)26-12-6-9-24(13-14-26)17-18-15-22-20(23-16-18)19-7-2-3-8-21-19/h2-3,7-8,15-16H,1,4-6,9-14,17H2. The van der Waals surface area contributed by atoms with Gasteiger partial charge in [0, 0.05) is 63.4 Å². The largest absolute Gasteiger partial charge is 0.298 e. The third-order valence-electron chi connectivity index (χ3n) is 5.52. The molecule has 0 aromatic carbocycles. The number of hydrogen-bond acceptors (Lipinski definition) is 6. The van der Waals surface area contributed by atoms with Crippen molar-refractivity contribution in [3.8, 4) is 11.5 Å². The van der Waals surface area contributed by atoms with Gasteiger partial charge in [0.05, 0.1) is 0 Å². The van der Waals surface area contributed by atoms with Gasteiger partial charge in [-0.2, -0.15) is 17.0 Å². The Morgan fingerprint density at radius 3 is 2.24 bits per heavy atom. The summed E-state index contributed by atoms with van der Waals surface area (Å²) >= 11 is 0. The van der Waals surface area contributed by atoms with E-state index >= 15 is 0 Å². The summed E-state index contributed by atoms with van der Waals surface area (Å²) in [5.74, 6) is 0.615. The first-order chi connectivity index (χ1) is 14.1. The lowest BCUT2D eigenvalue weighted by atomic mass is 10.2. The smallest absolute Gasteiger partial charge is 0.282 e. The Bertz CT molecular complexity index is 885. The van der Waals surface area contributed by atoms with E-state index in [0.717, 1.165) is 56.6 Å².